The molecule has 0 heterocycles. The number of benzene rings is 1. The summed E-state index contributed by atoms with van der Waals surface area (Å²) in [4.78, 5) is 11.4. The molecule has 1 fully saturated rings. The molecule has 0 aromatic heterocycles. The van der Waals surface area contributed by atoms with Crippen LogP contribution >= 0.6 is 0 Å². The van der Waals surface area contributed by atoms with Crippen LogP contribution in [-0.4, -0.2) is 18.5 Å². The Hall–Kier alpha value is -1.56. The average molecular weight is 286 g/mol. The van der Waals surface area contributed by atoms with Crippen molar-refractivity contribution >= 4 is 5.91 Å². The molecule has 3 nitrogen and oxygen atoms in total. The van der Waals surface area contributed by atoms with Crippen molar-refractivity contribution in [3.63, 3.8) is 0 Å². The molecule has 0 bridgehead atoms. The lowest BCUT2D eigenvalue weighted by atomic mass is 10.2. The van der Waals surface area contributed by atoms with Gasteiger partial charge >= 0.3 is 0 Å². The second-order valence-corrected chi connectivity index (χ2v) is 4.98. The van der Waals surface area contributed by atoms with Gasteiger partial charge in [-0.2, -0.15) is 0 Å². The SMILES string of the molecule is O=C(CCCNCc1cc(F)c(F)cc1F)NC1CC1. The van der Waals surface area contributed by atoms with Crippen molar-refractivity contribution in [2.45, 2.75) is 38.3 Å². The number of rotatable bonds is 7. The van der Waals surface area contributed by atoms with E-state index in [4.69, 9.17) is 0 Å². The zero-order chi connectivity index (χ0) is 14.5. The van der Waals surface area contributed by atoms with Crippen LogP contribution in [0.25, 0.3) is 0 Å². The number of hydrogen-bond donors (Lipinski definition) is 2. The zero-order valence-corrected chi connectivity index (χ0v) is 11.0. The van der Waals surface area contributed by atoms with Gasteiger partial charge in [-0.15, -0.1) is 0 Å². The Labute approximate surface area is 115 Å². The predicted molar refractivity (Wildman–Crippen MR) is 68.4 cm³/mol. The first-order chi connectivity index (χ1) is 9.56. The lowest BCUT2D eigenvalue weighted by Gasteiger charge is -2.07. The molecule has 0 atom stereocenters. The van der Waals surface area contributed by atoms with Gasteiger partial charge in [-0.3, -0.25) is 4.79 Å². The van der Waals surface area contributed by atoms with Crippen LogP contribution < -0.4 is 10.6 Å². The van der Waals surface area contributed by atoms with E-state index >= 15 is 0 Å². The van der Waals surface area contributed by atoms with Crippen LogP contribution in [0.5, 0.6) is 0 Å². The minimum Gasteiger partial charge on any atom is -0.353 e. The van der Waals surface area contributed by atoms with Crippen molar-refractivity contribution in [3.05, 3.63) is 35.1 Å². The van der Waals surface area contributed by atoms with Gasteiger partial charge in [0.2, 0.25) is 5.91 Å². The fourth-order valence-corrected chi connectivity index (χ4v) is 1.82. The summed E-state index contributed by atoms with van der Waals surface area (Å²) in [6.45, 7) is 0.615. The molecule has 1 aromatic carbocycles. The number of carbonyl (C=O) groups is 1. The largest absolute Gasteiger partial charge is 0.353 e. The van der Waals surface area contributed by atoms with Crippen LogP contribution in [0.4, 0.5) is 13.2 Å². The van der Waals surface area contributed by atoms with Crippen molar-refractivity contribution in [2.24, 2.45) is 0 Å². The van der Waals surface area contributed by atoms with Gasteiger partial charge in [0.1, 0.15) is 5.82 Å². The quantitative estimate of drug-likeness (QED) is 0.596. The van der Waals surface area contributed by atoms with E-state index in [1.165, 1.54) is 0 Å². The van der Waals surface area contributed by atoms with Crippen molar-refractivity contribution in [3.8, 4) is 0 Å². The number of halogens is 3. The van der Waals surface area contributed by atoms with Gasteiger partial charge in [-0.05, 0) is 31.9 Å². The molecule has 0 saturated heterocycles. The summed E-state index contributed by atoms with van der Waals surface area (Å²) >= 11 is 0. The molecule has 1 aromatic rings. The van der Waals surface area contributed by atoms with E-state index in [9.17, 15) is 18.0 Å². The highest BCUT2D eigenvalue weighted by molar-refractivity contribution is 5.76. The molecule has 1 aliphatic carbocycles. The molecule has 110 valence electrons. The van der Waals surface area contributed by atoms with Crippen molar-refractivity contribution in [2.75, 3.05) is 6.54 Å². The summed E-state index contributed by atoms with van der Waals surface area (Å²) in [7, 11) is 0. The zero-order valence-electron chi connectivity index (χ0n) is 11.0. The molecule has 0 aliphatic heterocycles. The number of hydrogen-bond acceptors (Lipinski definition) is 2. The van der Waals surface area contributed by atoms with Crippen LogP contribution in [0, 0.1) is 17.5 Å². The molecule has 1 aliphatic rings. The first-order valence-corrected chi connectivity index (χ1v) is 6.70. The van der Waals surface area contributed by atoms with E-state index in [1.807, 2.05) is 0 Å². The standard InChI is InChI=1S/C14H17F3N2O/c15-11-7-13(17)12(16)6-9(11)8-18-5-1-2-14(20)19-10-3-4-10/h6-7,10,18H,1-5,8H2,(H,19,20). The van der Waals surface area contributed by atoms with E-state index in [0.717, 1.165) is 18.9 Å². The predicted octanol–water partition coefficient (Wildman–Crippen LogP) is 2.25. The molecule has 2 rings (SSSR count). The molecule has 0 radical (unpaired) electrons. The summed E-state index contributed by atoms with van der Waals surface area (Å²) in [5, 5.41) is 5.77. The first-order valence-electron chi connectivity index (χ1n) is 6.70. The number of nitrogens with one attached hydrogen (secondary N) is 2. The van der Waals surface area contributed by atoms with Crippen LogP contribution in [-0.2, 0) is 11.3 Å². The van der Waals surface area contributed by atoms with Crippen molar-refractivity contribution in [1.29, 1.82) is 0 Å². The smallest absolute Gasteiger partial charge is 0.220 e. The monoisotopic (exact) mass is 286 g/mol. The Morgan fingerprint density at radius 2 is 1.85 bits per heavy atom. The van der Waals surface area contributed by atoms with E-state index < -0.39 is 17.5 Å². The molecule has 6 heteroatoms. The summed E-state index contributed by atoms with van der Waals surface area (Å²) in [6, 6.07) is 1.74. The summed E-state index contributed by atoms with van der Waals surface area (Å²) in [5.74, 6) is -3.01. The van der Waals surface area contributed by atoms with Crippen LogP contribution in [0.3, 0.4) is 0 Å². The Morgan fingerprint density at radius 1 is 1.15 bits per heavy atom. The molecule has 1 amide bonds. The van der Waals surface area contributed by atoms with Gasteiger partial charge in [-0.25, -0.2) is 13.2 Å². The maximum Gasteiger partial charge on any atom is 0.220 e. The van der Waals surface area contributed by atoms with E-state index in [1.54, 1.807) is 0 Å². The summed E-state index contributed by atoms with van der Waals surface area (Å²) in [6.07, 6.45) is 3.13. The van der Waals surface area contributed by atoms with Gasteiger partial charge in [0.05, 0.1) is 0 Å². The van der Waals surface area contributed by atoms with Crippen molar-refractivity contribution < 1.29 is 18.0 Å². The van der Waals surface area contributed by atoms with Gasteiger partial charge in [-0.1, -0.05) is 0 Å². The molecule has 0 unspecified atom stereocenters. The maximum absolute atomic E-state index is 13.3. The Morgan fingerprint density at radius 3 is 2.55 bits per heavy atom. The minimum atomic E-state index is -1.19. The lowest BCUT2D eigenvalue weighted by Crippen LogP contribution is -2.26. The molecular weight excluding hydrogens is 269 g/mol. The number of amides is 1. The van der Waals surface area contributed by atoms with E-state index in [0.29, 0.717) is 31.5 Å². The molecule has 2 N–H and O–H groups in total. The van der Waals surface area contributed by atoms with Gasteiger partial charge in [0.25, 0.3) is 0 Å². The molecular formula is C14H17F3N2O. The average Bonchev–Trinajstić information content (AvgIpc) is 3.18. The lowest BCUT2D eigenvalue weighted by molar-refractivity contribution is -0.121. The van der Waals surface area contributed by atoms with E-state index in [-0.39, 0.29) is 18.0 Å². The second kappa shape index (κ2) is 6.74. The normalized spacial score (nSPS) is 14.3. The molecule has 0 spiro atoms. The fraction of sp³-hybridized carbons (Fsp3) is 0.500. The van der Waals surface area contributed by atoms with Crippen LogP contribution in [0.1, 0.15) is 31.2 Å². The highest BCUT2D eigenvalue weighted by Gasteiger charge is 2.22. The topological polar surface area (TPSA) is 41.1 Å². The second-order valence-electron chi connectivity index (χ2n) is 4.98. The first kappa shape index (κ1) is 14.8. The van der Waals surface area contributed by atoms with Crippen LogP contribution in [0.15, 0.2) is 12.1 Å². The number of carbonyl (C=O) groups excluding carboxylic acids is 1. The van der Waals surface area contributed by atoms with Gasteiger partial charge in [0.15, 0.2) is 11.6 Å². The fourth-order valence-electron chi connectivity index (χ4n) is 1.82. The Kier molecular flexibility index (Phi) is 5.00. The van der Waals surface area contributed by atoms with Gasteiger partial charge in [0, 0.05) is 30.6 Å². The summed E-state index contributed by atoms with van der Waals surface area (Å²) < 4.78 is 39.0. The highest BCUT2D eigenvalue weighted by Crippen LogP contribution is 2.18. The highest BCUT2D eigenvalue weighted by atomic mass is 19.2. The van der Waals surface area contributed by atoms with Crippen LogP contribution in [0.2, 0.25) is 0 Å². The Bertz CT molecular complexity index is 490. The Balaban J connectivity index is 1.65. The third kappa shape index (κ3) is 4.52. The third-order valence-electron chi connectivity index (χ3n) is 3.10. The third-order valence-corrected chi connectivity index (χ3v) is 3.10. The molecule has 1 saturated carbocycles. The minimum absolute atomic E-state index is 0.0216. The maximum atomic E-state index is 13.3. The summed E-state index contributed by atoms with van der Waals surface area (Å²) in [5.41, 5.74) is 0.0753. The molecule has 20 heavy (non-hydrogen) atoms. The van der Waals surface area contributed by atoms with E-state index in [2.05, 4.69) is 10.6 Å². The van der Waals surface area contributed by atoms with Crippen molar-refractivity contribution in [1.82, 2.24) is 10.6 Å². The van der Waals surface area contributed by atoms with Gasteiger partial charge < -0.3 is 10.6 Å².